The van der Waals surface area contributed by atoms with Gasteiger partial charge in [0.15, 0.2) is 6.10 Å². The molecule has 0 N–H and O–H groups in total. The van der Waals surface area contributed by atoms with E-state index in [1.807, 2.05) is 0 Å². The topological polar surface area (TPSA) is 48.2 Å². The second kappa shape index (κ2) is 8.08. The zero-order valence-corrected chi connectivity index (χ0v) is 15.4. The Kier molecular flexibility index (Phi) is 5.83. The van der Waals surface area contributed by atoms with Gasteiger partial charge in [0.25, 0.3) is 11.1 Å². The molecule has 0 aliphatic carbocycles. The summed E-state index contributed by atoms with van der Waals surface area (Å²) in [5.41, 5.74) is 0.961. The predicted octanol–water partition coefficient (Wildman–Crippen LogP) is 5.95. The summed E-state index contributed by atoms with van der Waals surface area (Å²) >= 11 is 13.3. The van der Waals surface area contributed by atoms with E-state index in [2.05, 4.69) is 10.2 Å². The van der Waals surface area contributed by atoms with Gasteiger partial charge in [-0.05, 0) is 42.8 Å². The van der Waals surface area contributed by atoms with Gasteiger partial charge in [-0.25, -0.2) is 4.39 Å². The number of ether oxygens (including phenoxy) is 1. The Bertz CT molecular complexity index is 858. The van der Waals surface area contributed by atoms with Gasteiger partial charge in [-0.3, -0.25) is 0 Å². The fraction of sp³-hybridized carbons (Fsp3) is 0.176. The number of thioether (sulfide) groups is 1. The molecule has 1 aromatic heterocycles. The van der Waals surface area contributed by atoms with Crippen LogP contribution in [-0.4, -0.2) is 10.2 Å². The number of hydrogen-bond acceptors (Lipinski definition) is 5. The summed E-state index contributed by atoms with van der Waals surface area (Å²) in [4.78, 5) is 0. The summed E-state index contributed by atoms with van der Waals surface area (Å²) in [7, 11) is 0. The Balaban J connectivity index is 1.61. The van der Waals surface area contributed by atoms with E-state index in [1.165, 1.54) is 23.9 Å². The minimum absolute atomic E-state index is 0.263. The smallest absolute Gasteiger partial charge is 0.277 e. The third-order valence-electron chi connectivity index (χ3n) is 3.24. The van der Waals surface area contributed by atoms with Crippen LogP contribution < -0.4 is 4.74 Å². The average molecular weight is 399 g/mol. The first-order valence-corrected chi connectivity index (χ1v) is 9.08. The molecule has 0 saturated heterocycles. The Hall–Kier alpha value is -1.76. The van der Waals surface area contributed by atoms with Crippen LogP contribution in [-0.2, 0) is 5.75 Å². The van der Waals surface area contributed by atoms with Crippen molar-refractivity contribution in [3.05, 3.63) is 69.8 Å². The number of nitrogens with zero attached hydrogens (tertiary/aromatic N) is 2. The Labute approximate surface area is 158 Å². The van der Waals surface area contributed by atoms with Crippen LogP contribution in [0.2, 0.25) is 10.0 Å². The maximum Gasteiger partial charge on any atom is 0.277 e. The third kappa shape index (κ3) is 4.87. The van der Waals surface area contributed by atoms with Gasteiger partial charge in [0, 0.05) is 10.8 Å². The van der Waals surface area contributed by atoms with Crippen LogP contribution in [0.5, 0.6) is 5.75 Å². The standard InChI is InChI=1S/C17H13Cl2FN2O2S/c1-10(23-15-7-4-12(18)8-14(15)19)16-21-22-17(24-16)25-9-11-2-5-13(20)6-3-11/h2-8,10H,9H2,1H3/t10-/m1/s1. The molecule has 3 rings (SSSR count). The fourth-order valence-electron chi connectivity index (χ4n) is 1.98. The number of rotatable bonds is 6. The van der Waals surface area contributed by atoms with Crippen molar-refractivity contribution >= 4 is 35.0 Å². The highest BCUT2D eigenvalue weighted by Gasteiger charge is 2.17. The minimum atomic E-state index is -0.466. The quantitative estimate of drug-likeness (QED) is 0.480. The van der Waals surface area contributed by atoms with Gasteiger partial charge in [-0.1, -0.05) is 47.1 Å². The highest BCUT2D eigenvalue weighted by Crippen LogP contribution is 2.31. The number of aromatic nitrogens is 2. The van der Waals surface area contributed by atoms with Crippen molar-refractivity contribution < 1.29 is 13.5 Å². The summed E-state index contributed by atoms with van der Waals surface area (Å²) < 4.78 is 24.2. The van der Waals surface area contributed by atoms with E-state index in [1.54, 1.807) is 37.3 Å². The zero-order chi connectivity index (χ0) is 17.8. The van der Waals surface area contributed by atoms with Crippen LogP contribution in [0, 0.1) is 5.82 Å². The molecular formula is C17H13Cl2FN2O2S. The molecular weight excluding hydrogens is 386 g/mol. The van der Waals surface area contributed by atoms with Gasteiger partial charge in [-0.15, -0.1) is 10.2 Å². The molecule has 4 nitrogen and oxygen atoms in total. The van der Waals surface area contributed by atoms with Crippen LogP contribution >= 0.6 is 35.0 Å². The zero-order valence-electron chi connectivity index (χ0n) is 13.1. The molecule has 0 aliphatic rings. The molecule has 0 radical (unpaired) electrons. The summed E-state index contributed by atoms with van der Waals surface area (Å²) in [5.74, 6) is 1.16. The highest BCUT2D eigenvalue weighted by atomic mass is 35.5. The molecule has 3 aromatic rings. The number of hydrogen-bond donors (Lipinski definition) is 0. The Morgan fingerprint density at radius 2 is 1.92 bits per heavy atom. The van der Waals surface area contributed by atoms with E-state index < -0.39 is 6.10 Å². The Morgan fingerprint density at radius 3 is 2.64 bits per heavy atom. The lowest BCUT2D eigenvalue weighted by Crippen LogP contribution is -2.03. The van der Waals surface area contributed by atoms with Crippen LogP contribution in [0.25, 0.3) is 0 Å². The van der Waals surface area contributed by atoms with E-state index in [0.29, 0.717) is 32.7 Å². The molecule has 0 unspecified atom stereocenters. The van der Waals surface area contributed by atoms with E-state index in [4.69, 9.17) is 32.4 Å². The lowest BCUT2D eigenvalue weighted by molar-refractivity contribution is 0.182. The molecule has 2 aromatic carbocycles. The van der Waals surface area contributed by atoms with Gasteiger partial charge >= 0.3 is 0 Å². The number of halogens is 3. The largest absolute Gasteiger partial charge is 0.479 e. The summed E-state index contributed by atoms with van der Waals surface area (Å²) in [6.45, 7) is 1.78. The van der Waals surface area contributed by atoms with Crippen LogP contribution in [0.3, 0.4) is 0 Å². The maximum absolute atomic E-state index is 12.9. The second-order valence-electron chi connectivity index (χ2n) is 5.16. The van der Waals surface area contributed by atoms with Crippen molar-refractivity contribution in [1.82, 2.24) is 10.2 Å². The lowest BCUT2D eigenvalue weighted by atomic mass is 10.2. The average Bonchev–Trinajstić information content (AvgIpc) is 3.06. The molecule has 0 bridgehead atoms. The van der Waals surface area contributed by atoms with Crippen molar-refractivity contribution in [2.45, 2.75) is 24.0 Å². The van der Waals surface area contributed by atoms with Crippen LogP contribution in [0.1, 0.15) is 24.5 Å². The molecule has 0 fully saturated rings. The molecule has 1 heterocycles. The fourth-order valence-corrected chi connectivity index (χ4v) is 3.16. The minimum Gasteiger partial charge on any atom is -0.479 e. The van der Waals surface area contributed by atoms with Crippen LogP contribution in [0.15, 0.2) is 52.1 Å². The van der Waals surface area contributed by atoms with Crippen molar-refractivity contribution in [2.24, 2.45) is 0 Å². The first-order valence-electron chi connectivity index (χ1n) is 7.33. The van der Waals surface area contributed by atoms with Gasteiger partial charge in [0.05, 0.1) is 5.02 Å². The van der Waals surface area contributed by atoms with Crippen molar-refractivity contribution in [3.8, 4) is 5.75 Å². The summed E-state index contributed by atoms with van der Waals surface area (Å²) in [6.07, 6.45) is -0.466. The van der Waals surface area contributed by atoms with Gasteiger partial charge < -0.3 is 9.15 Å². The highest BCUT2D eigenvalue weighted by molar-refractivity contribution is 7.98. The second-order valence-corrected chi connectivity index (χ2v) is 6.93. The monoisotopic (exact) mass is 398 g/mol. The molecule has 0 spiro atoms. The molecule has 8 heteroatoms. The lowest BCUT2D eigenvalue weighted by Gasteiger charge is -2.12. The molecule has 1 atom stereocenters. The predicted molar refractivity (Wildman–Crippen MR) is 95.8 cm³/mol. The molecule has 0 aliphatic heterocycles. The first-order chi connectivity index (χ1) is 12.0. The van der Waals surface area contributed by atoms with E-state index >= 15 is 0 Å². The maximum atomic E-state index is 12.9. The van der Waals surface area contributed by atoms with Crippen molar-refractivity contribution in [2.75, 3.05) is 0 Å². The van der Waals surface area contributed by atoms with Gasteiger partial charge in [0.2, 0.25) is 0 Å². The van der Waals surface area contributed by atoms with E-state index in [9.17, 15) is 4.39 Å². The molecule has 0 saturated carbocycles. The van der Waals surface area contributed by atoms with Gasteiger partial charge in [-0.2, -0.15) is 0 Å². The van der Waals surface area contributed by atoms with Gasteiger partial charge in [0.1, 0.15) is 11.6 Å². The van der Waals surface area contributed by atoms with E-state index in [-0.39, 0.29) is 5.82 Å². The summed E-state index contributed by atoms with van der Waals surface area (Å²) in [6, 6.07) is 11.2. The van der Waals surface area contributed by atoms with E-state index in [0.717, 1.165) is 5.56 Å². The molecule has 25 heavy (non-hydrogen) atoms. The van der Waals surface area contributed by atoms with Crippen molar-refractivity contribution in [1.29, 1.82) is 0 Å². The molecule has 0 amide bonds. The number of benzene rings is 2. The normalized spacial score (nSPS) is 12.2. The third-order valence-corrected chi connectivity index (χ3v) is 4.66. The SMILES string of the molecule is C[C@@H](Oc1ccc(Cl)cc1Cl)c1nnc(SCc2ccc(F)cc2)o1. The van der Waals surface area contributed by atoms with Crippen molar-refractivity contribution in [3.63, 3.8) is 0 Å². The molecule has 130 valence electrons. The summed E-state index contributed by atoms with van der Waals surface area (Å²) in [5, 5.41) is 9.33. The van der Waals surface area contributed by atoms with Crippen LogP contribution in [0.4, 0.5) is 4.39 Å². The Morgan fingerprint density at radius 1 is 1.16 bits per heavy atom. The first kappa shape index (κ1) is 18.0.